The van der Waals surface area contributed by atoms with Crippen LogP contribution in [0.25, 0.3) is 0 Å². The molecule has 0 aromatic heterocycles. The lowest BCUT2D eigenvalue weighted by molar-refractivity contribution is -0.870. The van der Waals surface area contributed by atoms with E-state index < -0.39 is 26.5 Å². The van der Waals surface area contributed by atoms with Gasteiger partial charge in [-0.05, 0) is 141 Å². The first-order valence-electron chi connectivity index (χ1n) is 39.1. The largest absolute Gasteiger partial charge is 0.756 e. The van der Waals surface area contributed by atoms with E-state index in [0.29, 0.717) is 17.4 Å². The summed E-state index contributed by atoms with van der Waals surface area (Å²) in [6, 6.07) is 0. The van der Waals surface area contributed by atoms with Gasteiger partial charge in [0.2, 0.25) is 0 Å². The molecule has 98 heavy (non-hydrogen) atoms. The fourth-order valence-electron chi connectivity index (χ4n) is 10.2. The van der Waals surface area contributed by atoms with E-state index in [1.807, 2.05) is 21.1 Å². The second-order valence-corrected chi connectivity index (χ2v) is 28.0. The molecule has 0 radical (unpaired) electrons. The molecule has 0 aromatic rings. The molecule has 0 amide bonds. The molecule has 0 N–H and O–H groups in total. The van der Waals surface area contributed by atoms with Crippen LogP contribution >= 0.6 is 7.82 Å². The highest BCUT2D eigenvalue weighted by Crippen LogP contribution is 2.38. The highest BCUT2D eigenvalue weighted by Gasteiger charge is 2.22. The zero-order chi connectivity index (χ0) is 71.1. The Bertz CT molecular complexity index is 2360. The summed E-state index contributed by atoms with van der Waals surface area (Å²) in [6.07, 6.45) is 118. The van der Waals surface area contributed by atoms with Gasteiger partial charge in [-0.25, -0.2) is 0 Å². The molecule has 0 saturated heterocycles. The van der Waals surface area contributed by atoms with E-state index in [0.717, 1.165) is 154 Å². The van der Waals surface area contributed by atoms with Crippen LogP contribution in [0.3, 0.4) is 0 Å². The van der Waals surface area contributed by atoms with Gasteiger partial charge in [0.1, 0.15) is 19.8 Å². The number of hydrogen-bond donors (Lipinski definition) is 0. The number of unbranched alkanes of at least 4 members (excludes halogenated alkanes) is 24. The molecule has 0 spiro atoms. The molecular formula is C88H144NO8P. The third-order valence-electron chi connectivity index (χ3n) is 16.1. The Hall–Kier alpha value is -5.15. The number of phosphoric ester groups is 1. The highest BCUT2D eigenvalue weighted by molar-refractivity contribution is 7.45. The lowest BCUT2D eigenvalue weighted by atomic mass is 10.0. The number of carbonyl (C=O) groups is 2. The maximum atomic E-state index is 12.9. The molecule has 0 aliphatic heterocycles. The predicted molar refractivity (Wildman–Crippen MR) is 424 cm³/mol. The Morgan fingerprint density at radius 2 is 0.551 bits per heavy atom. The van der Waals surface area contributed by atoms with Gasteiger partial charge in [-0.15, -0.1) is 0 Å². The molecule has 0 bridgehead atoms. The van der Waals surface area contributed by atoms with Crippen LogP contribution in [0.4, 0.5) is 0 Å². The topological polar surface area (TPSA) is 111 Å². The molecule has 2 atom stereocenters. The average Bonchev–Trinajstić information content (AvgIpc) is 1.08. The molecule has 0 fully saturated rings. The first kappa shape index (κ1) is 92.8. The first-order chi connectivity index (χ1) is 48.0. The number of carbonyl (C=O) groups excluding carboxylic acids is 2. The fourth-order valence-corrected chi connectivity index (χ4v) is 10.9. The Kier molecular flexibility index (Phi) is 72.0. The molecule has 0 saturated carbocycles. The van der Waals surface area contributed by atoms with Gasteiger partial charge in [0.25, 0.3) is 7.82 Å². The van der Waals surface area contributed by atoms with E-state index in [2.05, 4.69) is 208 Å². The van der Waals surface area contributed by atoms with E-state index in [9.17, 15) is 19.0 Å². The van der Waals surface area contributed by atoms with Gasteiger partial charge in [0.05, 0.1) is 27.7 Å². The third kappa shape index (κ3) is 79.8. The summed E-state index contributed by atoms with van der Waals surface area (Å²) in [6.45, 7) is 4.00. The zero-order valence-electron chi connectivity index (χ0n) is 63.2. The number of hydrogen-bond acceptors (Lipinski definition) is 8. The summed E-state index contributed by atoms with van der Waals surface area (Å²) < 4.78 is 34.4. The van der Waals surface area contributed by atoms with Crippen LogP contribution in [0.1, 0.15) is 296 Å². The minimum Gasteiger partial charge on any atom is -0.756 e. The minimum absolute atomic E-state index is 0.0416. The summed E-state index contributed by atoms with van der Waals surface area (Å²) in [5, 5.41) is 0. The number of allylic oxidation sites excluding steroid dienone is 32. The molecule has 0 aliphatic carbocycles. The number of likely N-dealkylation sites (N-methyl/N-ethyl adjacent to an activating group) is 1. The van der Waals surface area contributed by atoms with Crippen molar-refractivity contribution in [3.63, 3.8) is 0 Å². The van der Waals surface area contributed by atoms with E-state index in [-0.39, 0.29) is 32.0 Å². The molecule has 554 valence electrons. The van der Waals surface area contributed by atoms with Gasteiger partial charge in [-0.3, -0.25) is 14.2 Å². The van der Waals surface area contributed by atoms with Crippen molar-refractivity contribution >= 4 is 19.8 Å². The van der Waals surface area contributed by atoms with Crippen molar-refractivity contribution < 1.29 is 42.1 Å². The molecule has 0 aromatic carbocycles. The quantitative estimate of drug-likeness (QED) is 0.0195. The van der Waals surface area contributed by atoms with Gasteiger partial charge < -0.3 is 27.9 Å². The van der Waals surface area contributed by atoms with Crippen LogP contribution in [0.15, 0.2) is 194 Å². The van der Waals surface area contributed by atoms with Crippen LogP contribution in [0, 0.1) is 0 Å². The highest BCUT2D eigenvalue weighted by atomic mass is 31.2. The first-order valence-corrected chi connectivity index (χ1v) is 40.6. The smallest absolute Gasteiger partial charge is 0.306 e. The molecule has 0 aliphatic rings. The summed E-state index contributed by atoms with van der Waals surface area (Å²) in [4.78, 5) is 38.2. The van der Waals surface area contributed by atoms with Gasteiger partial charge >= 0.3 is 11.9 Å². The Morgan fingerprint density at radius 1 is 0.316 bits per heavy atom. The van der Waals surface area contributed by atoms with Crippen LogP contribution in [0.5, 0.6) is 0 Å². The number of rotatable bonds is 70. The van der Waals surface area contributed by atoms with Crippen LogP contribution < -0.4 is 4.89 Å². The number of ether oxygens (including phenoxy) is 2. The Morgan fingerprint density at radius 3 is 0.816 bits per heavy atom. The monoisotopic (exact) mass is 1370 g/mol. The summed E-state index contributed by atoms with van der Waals surface area (Å²) in [5.41, 5.74) is 0. The SMILES string of the molecule is CC/C=C\C/C=C\C/C=C\C/C=C\C/C=C\C/C=C\C/C=C\C/C=C\C/C=C\CCCCCCCCCC(=O)OC(COC(=O)CCCCCCCCCCCCCCCCCCC/C=C\C/C=C\C/C=C\C/C=C\C/C=C\C/C=C\C/C=C\CC)COP(=O)([O-])OCC[N+](C)(C)C. The van der Waals surface area contributed by atoms with Crippen molar-refractivity contribution in [3.05, 3.63) is 194 Å². The maximum Gasteiger partial charge on any atom is 0.306 e. The molecule has 10 heteroatoms. The van der Waals surface area contributed by atoms with Crippen molar-refractivity contribution in [2.24, 2.45) is 0 Å². The van der Waals surface area contributed by atoms with Crippen molar-refractivity contribution in [3.8, 4) is 0 Å². The van der Waals surface area contributed by atoms with Crippen molar-refractivity contribution in [2.75, 3.05) is 47.5 Å². The van der Waals surface area contributed by atoms with E-state index in [4.69, 9.17) is 18.5 Å². The molecule has 2 unspecified atom stereocenters. The number of quaternary nitrogens is 1. The average molecular weight is 1380 g/mol. The standard InChI is InChI=1S/C88H144NO8P/c1-6-8-10-12-14-16-18-20-22-24-26-28-30-32-34-36-38-40-42-43-44-45-47-48-50-52-54-56-58-60-62-64-66-68-70-72-74-76-78-80-87(90)94-84-86(85-96-98(92,93)95-83-82-89(3,4)5)97-88(91)81-79-77-75-73-71-69-67-65-63-61-59-57-55-53-51-49-46-41-39-37-35-33-31-29-27-25-23-21-19-17-15-13-11-9-7-2/h8-11,14-17,20-23,26-29,32-35,38-41,43-44,49,51,55,57,61,63,86H,6-7,12-13,18-19,24-25,30-31,36-37,42,45-48,50,52-54,56,58-60,62,64-85H2,1-5H3/b10-8-,11-9-,16-14-,17-15-,22-20-,23-21-,28-26-,29-27-,34-32-,35-33-,40-38-,41-39-,44-43-,51-49-,57-55-,63-61-. The number of esters is 2. The van der Waals surface area contributed by atoms with Crippen molar-refractivity contribution in [1.82, 2.24) is 0 Å². The fraction of sp³-hybridized carbons (Fsp3) is 0.614. The lowest BCUT2D eigenvalue weighted by Crippen LogP contribution is -2.37. The molecule has 9 nitrogen and oxygen atoms in total. The van der Waals surface area contributed by atoms with Gasteiger partial charge in [-0.2, -0.15) is 0 Å². The second kappa shape index (κ2) is 76.0. The minimum atomic E-state index is -4.66. The zero-order valence-corrected chi connectivity index (χ0v) is 64.0. The second-order valence-electron chi connectivity index (χ2n) is 26.6. The van der Waals surface area contributed by atoms with Gasteiger partial charge in [0.15, 0.2) is 6.10 Å². The van der Waals surface area contributed by atoms with E-state index in [1.165, 1.54) is 109 Å². The number of phosphoric acid groups is 1. The summed E-state index contributed by atoms with van der Waals surface area (Å²) >= 11 is 0. The van der Waals surface area contributed by atoms with E-state index in [1.54, 1.807) is 0 Å². The molecule has 0 rings (SSSR count). The van der Waals surface area contributed by atoms with Crippen LogP contribution in [-0.2, 0) is 32.7 Å². The van der Waals surface area contributed by atoms with Gasteiger partial charge in [-0.1, -0.05) is 337 Å². The maximum absolute atomic E-state index is 12.9. The summed E-state index contributed by atoms with van der Waals surface area (Å²) in [7, 11) is 1.14. The molecule has 0 heterocycles. The van der Waals surface area contributed by atoms with Crippen LogP contribution in [-0.4, -0.2) is 70.0 Å². The predicted octanol–water partition coefficient (Wildman–Crippen LogP) is 25.8. The lowest BCUT2D eigenvalue weighted by Gasteiger charge is -2.28. The Balaban J connectivity index is 4.07. The van der Waals surface area contributed by atoms with Crippen molar-refractivity contribution in [1.29, 1.82) is 0 Å². The summed E-state index contributed by atoms with van der Waals surface area (Å²) in [5.74, 6) is -0.851. The Labute approximate surface area is 603 Å². The normalized spacial score (nSPS) is 14.1. The third-order valence-corrected chi connectivity index (χ3v) is 17.1. The van der Waals surface area contributed by atoms with Crippen LogP contribution in [0.2, 0.25) is 0 Å². The van der Waals surface area contributed by atoms with Gasteiger partial charge in [0, 0.05) is 12.8 Å². The number of nitrogens with zero attached hydrogens (tertiary/aromatic N) is 1. The molecular weight excluding hydrogens is 1230 g/mol. The van der Waals surface area contributed by atoms with E-state index >= 15 is 0 Å². The van der Waals surface area contributed by atoms with Crippen molar-refractivity contribution in [2.45, 2.75) is 302 Å².